The molecule has 1 aliphatic heterocycles. The van der Waals surface area contributed by atoms with Gasteiger partial charge in [0, 0.05) is 47.3 Å². The fourth-order valence-electron chi connectivity index (χ4n) is 3.74. The highest BCUT2D eigenvalue weighted by Crippen LogP contribution is 2.40. The molecule has 0 radical (unpaired) electrons. The van der Waals surface area contributed by atoms with Gasteiger partial charge < -0.3 is 10.0 Å². The van der Waals surface area contributed by atoms with Crippen molar-refractivity contribution in [1.82, 2.24) is 14.9 Å². The number of halogens is 2. The summed E-state index contributed by atoms with van der Waals surface area (Å²) in [5.74, 6) is 0.00589. The minimum atomic E-state index is 0.00589. The molecule has 1 saturated heterocycles. The molecule has 1 aliphatic rings. The van der Waals surface area contributed by atoms with Crippen molar-refractivity contribution in [3.8, 4) is 5.88 Å². The summed E-state index contributed by atoms with van der Waals surface area (Å²) in [7, 11) is 1.43. The normalized spacial score (nSPS) is 15.0. The molecule has 11 heteroatoms. The lowest BCUT2D eigenvalue weighted by atomic mass is 10.2. The fourth-order valence-corrected chi connectivity index (χ4v) is 4.16. The van der Waals surface area contributed by atoms with Crippen LogP contribution in [0.3, 0.4) is 0 Å². The lowest BCUT2D eigenvalue weighted by molar-refractivity contribution is 0.145. The molecule has 2 heterocycles. The minimum Gasteiger partial charge on any atom is -0.493 e. The summed E-state index contributed by atoms with van der Waals surface area (Å²) in [5, 5.41) is 21.0. The molecule has 8 nitrogen and oxygen atoms in total. The van der Waals surface area contributed by atoms with E-state index < -0.39 is 0 Å². The maximum absolute atomic E-state index is 11.0. The molecule has 0 aliphatic carbocycles. The zero-order chi connectivity index (χ0) is 22.7. The molecule has 0 unspecified atom stereocenters. The van der Waals surface area contributed by atoms with Gasteiger partial charge >= 0.3 is 0 Å². The topological polar surface area (TPSA) is 77.6 Å². The quantitative estimate of drug-likeness (QED) is 0.298. The number of piperazine rings is 1. The number of azo groups is 1. The first-order chi connectivity index (χ1) is 15.5. The van der Waals surface area contributed by atoms with Gasteiger partial charge in [-0.15, -0.1) is 10.2 Å². The third-order valence-electron chi connectivity index (χ3n) is 5.31. The van der Waals surface area contributed by atoms with Gasteiger partial charge in [-0.05, 0) is 54.7 Å². The Balaban J connectivity index is 1.54. The van der Waals surface area contributed by atoms with Crippen LogP contribution in [0.2, 0.25) is 10.0 Å². The van der Waals surface area contributed by atoms with Crippen LogP contribution in [0.4, 0.5) is 11.4 Å². The second kappa shape index (κ2) is 10.0. The number of nitrogens with one attached hydrogen (secondary N) is 1. The highest BCUT2D eigenvalue weighted by Gasteiger charge is 2.22. The Morgan fingerprint density at radius 3 is 2.47 bits per heavy atom. The predicted octanol–water partition coefficient (Wildman–Crippen LogP) is 4.95. The highest BCUT2D eigenvalue weighted by molar-refractivity contribution is 7.80. The number of aromatic hydroxyl groups is 1. The molecule has 0 amide bonds. The molecular weight excluding hydrogens is 471 g/mol. The Morgan fingerprint density at radius 1 is 1.09 bits per heavy atom. The Labute approximate surface area is 200 Å². The van der Waals surface area contributed by atoms with Crippen molar-refractivity contribution in [2.45, 2.75) is 6.67 Å². The summed E-state index contributed by atoms with van der Waals surface area (Å²) in [6.07, 6.45) is 0. The number of nitrogens with zero attached hydrogens (tertiary/aromatic N) is 5. The summed E-state index contributed by atoms with van der Waals surface area (Å²) < 4.78 is 1.81. The second-order valence-electron chi connectivity index (χ2n) is 7.30. The third kappa shape index (κ3) is 4.97. The molecule has 0 bridgehead atoms. The van der Waals surface area contributed by atoms with E-state index in [2.05, 4.69) is 25.5 Å². The van der Waals surface area contributed by atoms with Gasteiger partial charge in [-0.2, -0.15) is 0 Å². The van der Waals surface area contributed by atoms with E-state index in [1.807, 2.05) is 34.9 Å². The van der Waals surface area contributed by atoms with Crippen molar-refractivity contribution < 1.29 is 9.94 Å². The molecule has 1 aromatic heterocycles. The zero-order valence-electron chi connectivity index (χ0n) is 17.3. The smallest absolute Gasteiger partial charge is 0.237 e. The molecule has 0 saturated carbocycles. The van der Waals surface area contributed by atoms with Crippen LogP contribution in [0.25, 0.3) is 10.9 Å². The molecule has 2 N–H and O–H groups in total. The van der Waals surface area contributed by atoms with Gasteiger partial charge in [0.05, 0.1) is 19.3 Å². The standard InChI is InChI=1S/C21H22Cl2N6O2S/c1-31-26-21(32)25-24-19-17-12-15(23)4-7-18(17)29(20(19)30)13-27-8-10-28(11-9-27)16-5-2-14(22)3-6-16/h2-7,12,30H,8-11,13H2,1H3,(H,26,32). The van der Waals surface area contributed by atoms with E-state index in [1.54, 1.807) is 12.1 Å². The first-order valence-corrected chi connectivity index (χ1v) is 11.1. The average Bonchev–Trinajstić information content (AvgIpc) is 3.04. The third-order valence-corrected chi connectivity index (χ3v) is 5.96. The fraction of sp³-hybridized carbons (Fsp3) is 0.286. The van der Waals surface area contributed by atoms with E-state index in [-0.39, 0.29) is 11.0 Å². The number of aromatic nitrogens is 1. The van der Waals surface area contributed by atoms with Crippen molar-refractivity contribution in [3.05, 3.63) is 52.5 Å². The maximum Gasteiger partial charge on any atom is 0.237 e. The van der Waals surface area contributed by atoms with Crippen molar-refractivity contribution in [2.24, 2.45) is 10.2 Å². The van der Waals surface area contributed by atoms with Crippen LogP contribution in [0.5, 0.6) is 5.88 Å². The van der Waals surface area contributed by atoms with Gasteiger partial charge in [0.2, 0.25) is 11.0 Å². The van der Waals surface area contributed by atoms with E-state index >= 15 is 0 Å². The van der Waals surface area contributed by atoms with Crippen molar-refractivity contribution >= 4 is 62.8 Å². The van der Waals surface area contributed by atoms with Crippen LogP contribution in [0, 0.1) is 0 Å². The summed E-state index contributed by atoms with van der Waals surface area (Å²) >= 11 is 17.2. The first kappa shape index (κ1) is 22.8. The van der Waals surface area contributed by atoms with Crippen molar-refractivity contribution in [1.29, 1.82) is 0 Å². The number of hydroxylamine groups is 1. The van der Waals surface area contributed by atoms with E-state index in [9.17, 15) is 5.11 Å². The molecule has 32 heavy (non-hydrogen) atoms. The average molecular weight is 493 g/mol. The van der Waals surface area contributed by atoms with E-state index in [0.29, 0.717) is 22.8 Å². The van der Waals surface area contributed by atoms with Crippen LogP contribution in [0.1, 0.15) is 0 Å². The van der Waals surface area contributed by atoms with Crippen LogP contribution in [0.15, 0.2) is 52.7 Å². The summed E-state index contributed by atoms with van der Waals surface area (Å²) in [4.78, 5) is 9.33. The number of thiocarbonyl (C=S) groups is 1. The molecule has 0 spiro atoms. The molecule has 0 atom stereocenters. The molecule has 1 fully saturated rings. The number of fused-ring (bicyclic) bond motifs is 1. The van der Waals surface area contributed by atoms with Crippen molar-refractivity contribution in [2.75, 3.05) is 38.2 Å². The second-order valence-corrected chi connectivity index (χ2v) is 8.56. The zero-order valence-corrected chi connectivity index (χ0v) is 19.7. The highest BCUT2D eigenvalue weighted by atomic mass is 35.5. The van der Waals surface area contributed by atoms with Gasteiger partial charge in [-0.25, -0.2) is 5.48 Å². The van der Waals surface area contributed by atoms with Gasteiger partial charge in [0.1, 0.15) is 0 Å². The summed E-state index contributed by atoms with van der Waals surface area (Å²) in [5.41, 5.74) is 4.70. The molecule has 3 aromatic rings. The Morgan fingerprint density at radius 2 is 1.78 bits per heavy atom. The van der Waals surface area contributed by atoms with Gasteiger partial charge in [0.15, 0.2) is 5.69 Å². The van der Waals surface area contributed by atoms with E-state index in [4.69, 9.17) is 40.3 Å². The molecule has 4 rings (SSSR count). The maximum atomic E-state index is 11.0. The first-order valence-electron chi connectivity index (χ1n) is 9.94. The molecule has 168 valence electrons. The number of rotatable bonds is 5. The van der Waals surface area contributed by atoms with Crippen molar-refractivity contribution in [3.63, 3.8) is 0 Å². The van der Waals surface area contributed by atoms with E-state index in [1.165, 1.54) is 7.11 Å². The van der Waals surface area contributed by atoms with Gasteiger partial charge in [-0.3, -0.25) is 14.3 Å². The Hall–Kier alpha value is -2.43. The Bertz CT molecular complexity index is 1140. The van der Waals surface area contributed by atoms with Crippen LogP contribution >= 0.6 is 35.4 Å². The number of anilines is 1. The van der Waals surface area contributed by atoms with Gasteiger partial charge in [-0.1, -0.05) is 23.2 Å². The molecule has 2 aromatic carbocycles. The van der Waals surface area contributed by atoms with Gasteiger partial charge in [0.25, 0.3) is 0 Å². The summed E-state index contributed by atoms with van der Waals surface area (Å²) in [6.45, 7) is 3.94. The Kier molecular flexibility index (Phi) is 7.12. The number of hydrogen-bond donors (Lipinski definition) is 2. The number of benzene rings is 2. The van der Waals surface area contributed by atoms with E-state index in [0.717, 1.165) is 42.4 Å². The van der Waals surface area contributed by atoms with Crippen LogP contribution in [-0.2, 0) is 11.5 Å². The van der Waals surface area contributed by atoms with Crippen LogP contribution < -0.4 is 10.4 Å². The molecular formula is C21H22Cl2N6O2S. The minimum absolute atomic E-state index is 0.00589. The summed E-state index contributed by atoms with van der Waals surface area (Å²) in [6, 6.07) is 13.3. The SMILES string of the molecule is CONC(=S)N=Nc1c(O)n(CN2CCN(c3ccc(Cl)cc3)CC2)c2ccc(Cl)cc12. The monoisotopic (exact) mass is 492 g/mol. The predicted molar refractivity (Wildman–Crippen MR) is 131 cm³/mol. The lowest BCUT2D eigenvalue weighted by Crippen LogP contribution is -2.46. The largest absolute Gasteiger partial charge is 0.493 e. The van der Waals surface area contributed by atoms with Crippen LogP contribution in [-0.4, -0.2) is 53.0 Å². The number of hydrogen-bond acceptors (Lipinski definition) is 6. The lowest BCUT2D eigenvalue weighted by Gasteiger charge is -2.36.